The minimum Gasteiger partial charge on any atom is -1.00 e. The average Bonchev–Trinajstić information content (AvgIpc) is 3.14. The van der Waals surface area contributed by atoms with E-state index in [-0.39, 0.29) is 12.4 Å². The average molecular weight is 397 g/mol. The Bertz CT molecular complexity index is 659. The summed E-state index contributed by atoms with van der Waals surface area (Å²) < 4.78 is 21.2. The van der Waals surface area contributed by atoms with Crippen LogP contribution in [0, 0.1) is 0 Å². The summed E-state index contributed by atoms with van der Waals surface area (Å²) in [5, 5.41) is 0.980. The second kappa shape index (κ2) is 9.67. The van der Waals surface area contributed by atoms with E-state index in [4.69, 9.17) is 13.3 Å². The normalized spacial score (nSPS) is 15.7. The van der Waals surface area contributed by atoms with E-state index in [0.717, 1.165) is 11.7 Å². The number of hydrogen-bond donors (Lipinski definition) is 0. The highest BCUT2D eigenvalue weighted by Gasteiger charge is 2.40. The van der Waals surface area contributed by atoms with Crippen LogP contribution in [0.25, 0.3) is 0 Å². The van der Waals surface area contributed by atoms with E-state index in [2.05, 4.69) is 52.1 Å². The van der Waals surface area contributed by atoms with Gasteiger partial charge in [-0.15, -0.1) is 0 Å². The van der Waals surface area contributed by atoms with Crippen LogP contribution in [0.4, 0.5) is 0 Å². The van der Waals surface area contributed by atoms with Crippen molar-refractivity contribution in [2.75, 3.05) is 21.3 Å². The smallest absolute Gasteiger partial charge is 0.536 e. The summed E-state index contributed by atoms with van der Waals surface area (Å²) >= 11 is 0. The van der Waals surface area contributed by atoms with Gasteiger partial charge in [0.1, 0.15) is 25.0 Å². The van der Waals surface area contributed by atoms with Crippen molar-refractivity contribution in [2.24, 2.45) is 0 Å². The summed E-state index contributed by atoms with van der Waals surface area (Å²) in [5.74, 6) is 0. The van der Waals surface area contributed by atoms with Crippen LogP contribution in [-0.2, 0) is 19.8 Å². The Balaban J connectivity index is 0.00000243. The lowest BCUT2D eigenvalue weighted by molar-refractivity contribution is -0.725. The van der Waals surface area contributed by atoms with Crippen molar-refractivity contribution < 1.29 is 30.3 Å². The third-order valence-electron chi connectivity index (χ3n) is 5.19. The molecule has 2 aromatic rings. The maximum absolute atomic E-state index is 5.54. The highest BCUT2D eigenvalue weighted by Crippen LogP contribution is 2.23. The highest BCUT2D eigenvalue weighted by molar-refractivity contribution is 6.75. The first-order chi connectivity index (χ1) is 12.2. The molecule has 1 aliphatic carbocycles. The fraction of sp³-hybridized carbons (Fsp3) is 0.526. The zero-order chi connectivity index (χ0) is 17.7. The van der Waals surface area contributed by atoms with Crippen LogP contribution in [0.2, 0.25) is 0 Å². The minimum atomic E-state index is -2.74. The minimum absolute atomic E-state index is 0. The molecule has 1 heterocycles. The zero-order valence-electron chi connectivity index (χ0n) is 15.9. The first-order valence-electron chi connectivity index (χ1n) is 9.02. The number of benzene rings is 1. The van der Waals surface area contributed by atoms with E-state index in [1.54, 1.807) is 21.3 Å². The molecule has 0 saturated heterocycles. The van der Waals surface area contributed by atoms with Crippen molar-refractivity contribution in [3.8, 4) is 0 Å². The predicted molar refractivity (Wildman–Crippen MR) is 98.7 cm³/mol. The zero-order valence-corrected chi connectivity index (χ0v) is 17.6. The third kappa shape index (κ3) is 4.56. The molecule has 0 bridgehead atoms. The number of nitrogens with zero attached hydrogens (tertiary/aromatic N) is 2. The number of imidazole rings is 1. The molecule has 0 atom stereocenters. The Morgan fingerprint density at radius 2 is 1.62 bits per heavy atom. The lowest BCUT2D eigenvalue weighted by Gasteiger charge is -2.24. The number of hydrogen-bond acceptors (Lipinski definition) is 3. The van der Waals surface area contributed by atoms with E-state index in [0.29, 0.717) is 6.04 Å². The van der Waals surface area contributed by atoms with E-state index >= 15 is 0 Å². The van der Waals surface area contributed by atoms with Crippen molar-refractivity contribution in [1.29, 1.82) is 0 Å². The lowest BCUT2D eigenvalue weighted by atomic mass is 9.95. The molecule has 26 heavy (non-hydrogen) atoms. The van der Waals surface area contributed by atoms with Crippen LogP contribution in [0.5, 0.6) is 0 Å². The van der Waals surface area contributed by atoms with Gasteiger partial charge in [-0.3, -0.25) is 0 Å². The topological polar surface area (TPSA) is 36.5 Å². The maximum Gasteiger partial charge on any atom is 0.536 e. The van der Waals surface area contributed by atoms with E-state index in [1.807, 2.05) is 0 Å². The molecular weight excluding hydrogens is 368 g/mol. The van der Waals surface area contributed by atoms with Gasteiger partial charge in [0.15, 0.2) is 0 Å². The van der Waals surface area contributed by atoms with Gasteiger partial charge in [-0.2, -0.15) is 0 Å². The van der Waals surface area contributed by atoms with Crippen LogP contribution >= 0.6 is 0 Å². The largest absolute Gasteiger partial charge is 1.00 e. The van der Waals surface area contributed by atoms with E-state index in [9.17, 15) is 0 Å². The maximum atomic E-state index is 5.54. The summed E-state index contributed by atoms with van der Waals surface area (Å²) in [6.07, 6.45) is 13.3. The number of rotatable bonds is 7. The molecule has 1 aliphatic rings. The van der Waals surface area contributed by atoms with Gasteiger partial charge in [-0.1, -0.05) is 30.7 Å². The molecule has 5 nitrogen and oxygen atoms in total. The quantitative estimate of drug-likeness (QED) is 0.464. The summed E-state index contributed by atoms with van der Waals surface area (Å²) in [4.78, 5) is 0. The van der Waals surface area contributed by atoms with E-state index < -0.39 is 8.80 Å². The molecule has 7 heteroatoms. The Kier molecular flexibility index (Phi) is 7.85. The number of halogens is 1. The fourth-order valence-corrected chi connectivity index (χ4v) is 5.51. The second-order valence-corrected chi connectivity index (χ2v) is 9.60. The summed E-state index contributed by atoms with van der Waals surface area (Å²) in [7, 11) is 2.17. The second-order valence-electron chi connectivity index (χ2n) is 6.69. The Morgan fingerprint density at radius 1 is 1.00 bits per heavy atom. The first kappa shape index (κ1) is 21.1. The summed E-state index contributed by atoms with van der Waals surface area (Å²) in [5.41, 5.74) is 1.25. The summed E-state index contributed by atoms with van der Waals surface area (Å²) in [6.45, 7) is 0.863. The molecule has 3 rings (SSSR count). The molecule has 0 aliphatic heterocycles. The van der Waals surface area contributed by atoms with Crippen LogP contribution in [-0.4, -0.2) is 34.7 Å². The first-order valence-corrected chi connectivity index (χ1v) is 10.7. The third-order valence-corrected chi connectivity index (χ3v) is 7.84. The van der Waals surface area contributed by atoms with E-state index in [1.165, 1.54) is 37.7 Å². The molecular formula is C19H29ClN2O3Si. The Morgan fingerprint density at radius 3 is 2.19 bits per heavy atom. The van der Waals surface area contributed by atoms with Gasteiger partial charge < -0.3 is 25.7 Å². The molecule has 0 N–H and O–H groups in total. The van der Waals surface area contributed by atoms with Crippen molar-refractivity contribution >= 4 is 14.0 Å². The SMILES string of the molecule is CO[Si](OC)(OC)c1ccc(Cn2cc[n+](C3CCCCC3)c2)cc1.[Cl-]. The van der Waals surface area contributed by atoms with Crippen LogP contribution in [0.1, 0.15) is 43.7 Å². The van der Waals surface area contributed by atoms with Gasteiger partial charge in [0.2, 0.25) is 6.33 Å². The molecule has 1 fully saturated rings. The van der Waals surface area contributed by atoms with Crippen LogP contribution < -0.4 is 22.2 Å². The van der Waals surface area contributed by atoms with Crippen LogP contribution in [0.3, 0.4) is 0 Å². The van der Waals surface area contributed by atoms with Gasteiger partial charge in [0, 0.05) is 26.5 Å². The molecule has 1 saturated carbocycles. The molecule has 1 aromatic heterocycles. The highest BCUT2D eigenvalue weighted by atomic mass is 35.5. The van der Waals surface area contributed by atoms with Crippen LogP contribution in [0.15, 0.2) is 43.0 Å². The molecule has 1 aromatic carbocycles. The molecule has 0 spiro atoms. The molecule has 0 unspecified atom stereocenters. The van der Waals surface area contributed by atoms with Gasteiger partial charge in [-0.05, 0) is 31.2 Å². The van der Waals surface area contributed by atoms with Crippen molar-refractivity contribution in [3.63, 3.8) is 0 Å². The number of aromatic nitrogens is 2. The molecule has 0 radical (unpaired) electrons. The van der Waals surface area contributed by atoms with Gasteiger partial charge in [0.25, 0.3) is 0 Å². The lowest BCUT2D eigenvalue weighted by Crippen LogP contribution is -3.00. The Labute approximate surface area is 163 Å². The fourth-order valence-electron chi connectivity index (χ4n) is 3.73. The van der Waals surface area contributed by atoms with Crippen molar-refractivity contribution in [1.82, 2.24) is 4.57 Å². The van der Waals surface area contributed by atoms with Gasteiger partial charge in [-0.25, -0.2) is 9.13 Å². The summed E-state index contributed by atoms with van der Waals surface area (Å²) in [6, 6.07) is 9.03. The molecule has 0 amide bonds. The predicted octanol–water partition coefficient (Wildman–Crippen LogP) is -0.582. The van der Waals surface area contributed by atoms with Gasteiger partial charge in [0.05, 0.1) is 0 Å². The van der Waals surface area contributed by atoms with Gasteiger partial charge >= 0.3 is 8.80 Å². The standard InChI is InChI=1S/C19H29N2O3Si.ClH/c1-22-25(23-2,24-3)19-11-9-17(10-12-19)15-20-13-14-21(16-20)18-7-5-4-6-8-18;/h9-14,16,18H,4-8,15H2,1-3H3;1H/q+1;/p-1. The van der Waals surface area contributed by atoms with Crippen molar-refractivity contribution in [3.05, 3.63) is 48.5 Å². The Hall–Kier alpha value is -1.18. The van der Waals surface area contributed by atoms with Crippen molar-refractivity contribution in [2.45, 2.75) is 44.7 Å². The molecule has 144 valence electrons. The monoisotopic (exact) mass is 396 g/mol.